The maximum Gasteiger partial charge on any atom is 0.336 e. The number of alkyl halides is 1. The molecular weight excluding hydrogens is 267 g/mol. The smallest absolute Gasteiger partial charge is 0.336 e. The van der Waals surface area contributed by atoms with Gasteiger partial charge in [0.15, 0.2) is 0 Å². The lowest BCUT2D eigenvalue weighted by Crippen LogP contribution is -1.99. The zero-order valence-electron chi connectivity index (χ0n) is 7.46. The van der Waals surface area contributed by atoms with E-state index in [0.29, 0.717) is 15.9 Å². The molecule has 0 aliphatic heterocycles. The lowest BCUT2D eigenvalue weighted by Gasteiger charge is -2.03. The third-order valence-electron chi connectivity index (χ3n) is 1.86. The minimum atomic E-state index is -0.912. The molecule has 0 aliphatic rings. The van der Waals surface area contributed by atoms with E-state index in [1.807, 2.05) is 6.07 Å². The van der Waals surface area contributed by atoms with Crippen molar-refractivity contribution in [3.63, 3.8) is 0 Å². The van der Waals surface area contributed by atoms with Crippen molar-refractivity contribution >= 4 is 33.5 Å². The summed E-state index contributed by atoms with van der Waals surface area (Å²) < 4.78 is 0.611. The van der Waals surface area contributed by atoms with E-state index in [1.165, 1.54) is 0 Å². The second kappa shape index (κ2) is 5.37. The third kappa shape index (κ3) is 3.00. The first-order valence-corrected chi connectivity index (χ1v) is 5.55. The average molecular weight is 278 g/mol. The highest BCUT2D eigenvalue weighted by Crippen LogP contribution is 2.19. The molecule has 1 rings (SSSR count). The zero-order chi connectivity index (χ0) is 10.6. The van der Waals surface area contributed by atoms with Crippen molar-refractivity contribution in [3.05, 3.63) is 33.8 Å². The van der Waals surface area contributed by atoms with Gasteiger partial charge in [-0.3, -0.25) is 0 Å². The van der Waals surface area contributed by atoms with E-state index >= 15 is 0 Å². The summed E-state index contributed by atoms with van der Waals surface area (Å²) in [5.74, 6) is -0.317. The van der Waals surface area contributed by atoms with Crippen LogP contribution in [0.5, 0.6) is 0 Å². The van der Waals surface area contributed by atoms with Gasteiger partial charge in [0.1, 0.15) is 0 Å². The van der Waals surface area contributed by atoms with Crippen molar-refractivity contribution in [2.45, 2.75) is 12.8 Å². The highest BCUT2D eigenvalue weighted by molar-refractivity contribution is 9.10. The molecule has 0 aromatic heterocycles. The quantitative estimate of drug-likeness (QED) is 0.857. The zero-order valence-corrected chi connectivity index (χ0v) is 9.81. The van der Waals surface area contributed by atoms with Crippen molar-refractivity contribution in [1.82, 2.24) is 0 Å². The number of aryl methyl sites for hydroxylation is 1. The summed E-state index contributed by atoms with van der Waals surface area (Å²) in [4.78, 5) is 10.8. The monoisotopic (exact) mass is 276 g/mol. The lowest BCUT2D eigenvalue weighted by molar-refractivity contribution is 0.0696. The Kier molecular flexibility index (Phi) is 4.42. The highest BCUT2D eigenvalue weighted by atomic mass is 79.9. The Balaban J connectivity index is 2.89. The van der Waals surface area contributed by atoms with Crippen molar-refractivity contribution < 1.29 is 9.90 Å². The van der Waals surface area contributed by atoms with Gasteiger partial charge in [0.2, 0.25) is 0 Å². The molecule has 1 N–H and O–H groups in total. The van der Waals surface area contributed by atoms with E-state index in [-0.39, 0.29) is 0 Å². The minimum absolute atomic E-state index is 0.303. The molecule has 0 radical (unpaired) electrons. The van der Waals surface area contributed by atoms with Gasteiger partial charge in [0.05, 0.1) is 5.56 Å². The molecule has 0 amide bonds. The second-order valence-corrected chi connectivity index (χ2v) is 4.14. The summed E-state index contributed by atoms with van der Waals surface area (Å²) >= 11 is 8.75. The van der Waals surface area contributed by atoms with Crippen LogP contribution in [0.3, 0.4) is 0 Å². The fourth-order valence-electron chi connectivity index (χ4n) is 1.16. The van der Waals surface area contributed by atoms with E-state index in [2.05, 4.69) is 15.9 Å². The molecule has 0 spiro atoms. The summed E-state index contributed by atoms with van der Waals surface area (Å²) in [6, 6.07) is 5.34. The lowest BCUT2D eigenvalue weighted by atomic mass is 10.1. The molecule has 0 atom stereocenters. The molecule has 0 bridgehead atoms. The molecule has 2 nitrogen and oxygen atoms in total. The van der Waals surface area contributed by atoms with Gasteiger partial charge >= 0.3 is 5.97 Å². The van der Waals surface area contributed by atoms with Gasteiger partial charge in [-0.25, -0.2) is 4.79 Å². The van der Waals surface area contributed by atoms with Crippen LogP contribution in [0.2, 0.25) is 0 Å². The molecule has 0 aliphatic carbocycles. The highest BCUT2D eigenvalue weighted by Gasteiger charge is 2.08. The summed E-state index contributed by atoms with van der Waals surface area (Å²) in [6.45, 7) is 0. The number of hydrogen-bond donors (Lipinski definition) is 1. The number of hydrogen-bond acceptors (Lipinski definition) is 1. The van der Waals surface area contributed by atoms with Gasteiger partial charge in [-0.2, -0.15) is 0 Å². The van der Waals surface area contributed by atoms with Crippen LogP contribution in [-0.2, 0) is 6.42 Å². The van der Waals surface area contributed by atoms with Crippen LogP contribution in [0.15, 0.2) is 22.7 Å². The van der Waals surface area contributed by atoms with Gasteiger partial charge < -0.3 is 5.11 Å². The summed E-state index contributed by atoms with van der Waals surface area (Å²) in [6.07, 6.45) is 1.68. The van der Waals surface area contributed by atoms with Crippen LogP contribution in [0, 0.1) is 0 Å². The number of rotatable bonds is 4. The van der Waals surface area contributed by atoms with Crippen LogP contribution in [0.25, 0.3) is 0 Å². The predicted octanol–water partition coefficient (Wildman–Crippen LogP) is 3.32. The van der Waals surface area contributed by atoms with Gasteiger partial charge in [-0.15, -0.1) is 11.6 Å². The number of benzene rings is 1. The third-order valence-corrected chi connectivity index (χ3v) is 2.82. The molecule has 0 heterocycles. The first kappa shape index (κ1) is 11.5. The van der Waals surface area contributed by atoms with E-state index in [9.17, 15) is 4.79 Å². The fraction of sp³-hybridized carbons (Fsp3) is 0.300. The predicted molar refractivity (Wildman–Crippen MR) is 60.1 cm³/mol. The largest absolute Gasteiger partial charge is 0.478 e. The molecule has 1 aromatic carbocycles. The molecular formula is C10H10BrClO2. The number of carboxylic acid groups (broad SMARTS) is 1. The molecule has 0 saturated heterocycles. The summed E-state index contributed by atoms with van der Waals surface area (Å²) in [7, 11) is 0. The number of carboxylic acids is 1. The maximum atomic E-state index is 10.8. The molecule has 1 aromatic rings. The fourth-order valence-corrected chi connectivity index (χ4v) is 1.71. The van der Waals surface area contributed by atoms with Gasteiger partial charge in [-0.1, -0.05) is 6.07 Å². The molecule has 4 heteroatoms. The first-order chi connectivity index (χ1) is 6.65. The molecule has 0 fully saturated rings. The van der Waals surface area contributed by atoms with E-state index < -0.39 is 5.97 Å². The van der Waals surface area contributed by atoms with Crippen LogP contribution in [0.1, 0.15) is 22.3 Å². The molecule has 0 saturated carbocycles. The Morgan fingerprint density at radius 2 is 2.21 bits per heavy atom. The van der Waals surface area contributed by atoms with Crippen molar-refractivity contribution in [1.29, 1.82) is 0 Å². The standard InChI is InChI=1S/C10H10BrClO2/c11-9-4-3-7(2-1-5-12)6-8(9)10(13)14/h3-4,6H,1-2,5H2,(H,13,14). The Morgan fingerprint density at radius 3 is 2.79 bits per heavy atom. The van der Waals surface area contributed by atoms with Crippen LogP contribution in [0.4, 0.5) is 0 Å². The van der Waals surface area contributed by atoms with Crippen molar-refractivity contribution in [2.24, 2.45) is 0 Å². The van der Waals surface area contributed by atoms with E-state index in [0.717, 1.165) is 18.4 Å². The second-order valence-electron chi connectivity index (χ2n) is 2.91. The Hall–Kier alpha value is -0.540. The van der Waals surface area contributed by atoms with Gasteiger partial charge in [-0.05, 0) is 46.5 Å². The van der Waals surface area contributed by atoms with Crippen LogP contribution in [-0.4, -0.2) is 17.0 Å². The number of carbonyl (C=O) groups is 1. The maximum absolute atomic E-state index is 10.8. The van der Waals surface area contributed by atoms with Crippen molar-refractivity contribution in [3.8, 4) is 0 Å². The first-order valence-electron chi connectivity index (χ1n) is 4.23. The molecule has 14 heavy (non-hydrogen) atoms. The Morgan fingerprint density at radius 1 is 1.50 bits per heavy atom. The molecule has 76 valence electrons. The summed E-state index contributed by atoms with van der Waals surface area (Å²) in [5.41, 5.74) is 1.31. The number of halogens is 2. The van der Waals surface area contributed by atoms with Crippen LogP contribution >= 0.6 is 27.5 Å². The Labute approximate surface area is 96.0 Å². The number of aromatic carboxylic acids is 1. The molecule has 0 unspecified atom stereocenters. The SMILES string of the molecule is O=C(O)c1cc(CCCCl)ccc1Br. The van der Waals surface area contributed by atoms with Crippen molar-refractivity contribution in [2.75, 3.05) is 5.88 Å². The van der Waals surface area contributed by atoms with E-state index in [4.69, 9.17) is 16.7 Å². The minimum Gasteiger partial charge on any atom is -0.478 e. The van der Waals surface area contributed by atoms with Crippen LogP contribution < -0.4 is 0 Å². The topological polar surface area (TPSA) is 37.3 Å². The summed E-state index contributed by atoms with van der Waals surface area (Å²) in [5, 5.41) is 8.86. The average Bonchev–Trinajstić information content (AvgIpc) is 2.16. The van der Waals surface area contributed by atoms with Gasteiger partial charge in [0.25, 0.3) is 0 Å². The normalized spacial score (nSPS) is 10.1. The van der Waals surface area contributed by atoms with E-state index in [1.54, 1.807) is 12.1 Å². The Bertz CT molecular complexity index is 339. The van der Waals surface area contributed by atoms with Gasteiger partial charge in [0, 0.05) is 10.4 Å².